The summed E-state index contributed by atoms with van der Waals surface area (Å²) in [6, 6.07) is 10.6. The Morgan fingerprint density at radius 2 is 1.77 bits per heavy atom. The van der Waals surface area contributed by atoms with Crippen LogP contribution in [0.5, 0.6) is 0 Å². The molecule has 13 heavy (non-hydrogen) atoms. The molecular weight excluding hydrogens is 158 g/mol. The molecule has 0 aromatic heterocycles. The maximum absolute atomic E-state index is 2.42. The topological polar surface area (TPSA) is 3.24 Å². The fraction of sp³-hybridized carbons (Fsp3) is 0.500. The average Bonchev–Trinajstić information content (AvgIpc) is 2.21. The molecule has 0 saturated carbocycles. The summed E-state index contributed by atoms with van der Waals surface area (Å²) in [5, 5.41) is 0. The van der Waals surface area contributed by atoms with Crippen molar-refractivity contribution in [1.29, 1.82) is 0 Å². The van der Waals surface area contributed by atoms with E-state index in [4.69, 9.17) is 0 Å². The Labute approximate surface area is 81.4 Å². The number of para-hydroxylation sites is 1. The second kappa shape index (κ2) is 5.63. The van der Waals surface area contributed by atoms with Crippen molar-refractivity contribution >= 4 is 5.69 Å². The van der Waals surface area contributed by atoms with Gasteiger partial charge in [0.1, 0.15) is 0 Å². The second-order valence-electron chi connectivity index (χ2n) is 3.27. The van der Waals surface area contributed by atoms with Crippen LogP contribution in [0.2, 0.25) is 0 Å². The van der Waals surface area contributed by atoms with E-state index in [0.717, 1.165) is 6.54 Å². The maximum Gasteiger partial charge on any atom is 0.0366 e. The molecule has 0 amide bonds. The van der Waals surface area contributed by atoms with Crippen LogP contribution in [-0.2, 0) is 0 Å². The number of rotatable bonds is 5. The number of benzene rings is 1. The van der Waals surface area contributed by atoms with E-state index >= 15 is 0 Å². The fourth-order valence-electron chi connectivity index (χ4n) is 1.46. The van der Waals surface area contributed by atoms with Gasteiger partial charge in [-0.25, -0.2) is 0 Å². The average molecular weight is 177 g/mol. The molecule has 0 spiro atoms. The summed E-state index contributed by atoms with van der Waals surface area (Å²) in [6.07, 6.45) is 2.55. The lowest BCUT2D eigenvalue weighted by Crippen LogP contribution is -2.23. The van der Waals surface area contributed by atoms with Crippen molar-refractivity contribution in [3.05, 3.63) is 30.3 Å². The van der Waals surface area contributed by atoms with E-state index in [-0.39, 0.29) is 0 Å². The minimum absolute atomic E-state index is 1.10. The van der Waals surface area contributed by atoms with Gasteiger partial charge in [-0.3, -0.25) is 0 Å². The van der Waals surface area contributed by atoms with Gasteiger partial charge < -0.3 is 4.90 Å². The normalized spacial score (nSPS) is 10.0. The van der Waals surface area contributed by atoms with Crippen LogP contribution in [0.15, 0.2) is 30.3 Å². The molecule has 0 heterocycles. The van der Waals surface area contributed by atoms with Crippen molar-refractivity contribution in [2.24, 2.45) is 0 Å². The summed E-state index contributed by atoms with van der Waals surface area (Å²) in [4.78, 5) is 2.42. The zero-order valence-corrected chi connectivity index (χ0v) is 8.66. The predicted molar refractivity (Wildman–Crippen MR) is 59.2 cm³/mol. The van der Waals surface area contributed by atoms with Gasteiger partial charge in [-0.05, 0) is 25.5 Å². The van der Waals surface area contributed by atoms with Crippen molar-refractivity contribution in [3.8, 4) is 0 Å². The summed E-state index contributed by atoms with van der Waals surface area (Å²) in [5.41, 5.74) is 1.35. The minimum atomic E-state index is 1.10. The highest BCUT2D eigenvalue weighted by atomic mass is 15.1. The molecule has 0 aliphatic carbocycles. The summed E-state index contributed by atoms with van der Waals surface area (Å²) >= 11 is 0. The molecule has 1 aromatic carbocycles. The SMILES string of the molecule is CCCCN(CC)c1ccccc1. The van der Waals surface area contributed by atoms with E-state index in [1.54, 1.807) is 0 Å². The Kier molecular flexibility index (Phi) is 4.37. The van der Waals surface area contributed by atoms with Gasteiger partial charge in [0.2, 0.25) is 0 Å². The maximum atomic E-state index is 2.42. The third-order valence-corrected chi connectivity index (χ3v) is 2.28. The summed E-state index contributed by atoms with van der Waals surface area (Å²) in [6.45, 7) is 6.72. The molecule has 0 fully saturated rings. The molecule has 0 aliphatic rings. The highest BCUT2D eigenvalue weighted by Crippen LogP contribution is 2.13. The molecule has 0 N–H and O–H groups in total. The molecule has 1 aromatic rings. The Morgan fingerprint density at radius 3 is 2.31 bits per heavy atom. The zero-order valence-electron chi connectivity index (χ0n) is 8.66. The number of nitrogens with zero attached hydrogens (tertiary/aromatic N) is 1. The van der Waals surface area contributed by atoms with Gasteiger partial charge in [0.15, 0.2) is 0 Å². The number of anilines is 1. The molecule has 0 unspecified atom stereocenters. The summed E-state index contributed by atoms with van der Waals surface area (Å²) in [7, 11) is 0. The first-order valence-electron chi connectivity index (χ1n) is 5.18. The standard InChI is InChI=1S/C12H19N/c1-3-5-11-13(4-2)12-9-7-6-8-10-12/h6-10H,3-5,11H2,1-2H3. The molecule has 0 saturated heterocycles. The van der Waals surface area contributed by atoms with Crippen LogP contribution in [-0.4, -0.2) is 13.1 Å². The number of unbranched alkanes of at least 4 members (excludes halogenated alkanes) is 1. The lowest BCUT2D eigenvalue weighted by Gasteiger charge is -2.22. The lowest BCUT2D eigenvalue weighted by molar-refractivity contribution is 0.732. The smallest absolute Gasteiger partial charge is 0.0366 e. The zero-order chi connectivity index (χ0) is 9.52. The second-order valence-corrected chi connectivity index (χ2v) is 3.27. The molecule has 1 nitrogen and oxygen atoms in total. The van der Waals surface area contributed by atoms with Crippen molar-refractivity contribution in [2.75, 3.05) is 18.0 Å². The molecule has 1 heteroatoms. The first kappa shape index (κ1) is 10.1. The third kappa shape index (κ3) is 3.10. The van der Waals surface area contributed by atoms with Gasteiger partial charge in [0.05, 0.1) is 0 Å². The van der Waals surface area contributed by atoms with Crippen LogP contribution >= 0.6 is 0 Å². The van der Waals surface area contributed by atoms with Gasteiger partial charge in [0, 0.05) is 18.8 Å². The molecule has 0 aliphatic heterocycles. The lowest BCUT2D eigenvalue weighted by atomic mass is 10.2. The van der Waals surface area contributed by atoms with Crippen molar-refractivity contribution in [2.45, 2.75) is 26.7 Å². The van der Waals surface area contributed by atoms with E-state index in [9.17, 15) is 0 Å². The van der Waals surface area contributed by atoms with Crippen molar-refractivity contribution < 1.29 is 0 Å². The van der Waals surface area contributed by atoms with Crippen LogP contribution in [0.25, 0.3) is 0 Å². The summed E-state index contributed by atoms with van der Waals surface area (Å²) in [5.74, 6) is 0. The summed E-state index contributed by atoms with van der Waals surface area (Å²) < 4.78 is 0. The first-order valence-corrected chi connectivity index (χ1v) is 5.18. The first-order chi connectivity index (χ1) is 6.38. The quantitative estimate of drug-likeness (QED) is 0.667. The third-order valence-electron chi connectivity index (χ3n) is 2.28. The fourth-order valence-corrected chi connectivity index (χ4v) is 1.46. The van der Waals surface area contributed by atoms with Crippen molar-refractivity contribution in [1.82, 2.24) is 0 Å². The van der Waals surface area contributed by atoms with Crippen LogP contribution in [0.4, 0.5) is 5.69 Å². The van der Waals surface area contributed by atoms with E-state index in [0.29, 0.717) is 0 Å². The van der Waals surface area contributed by atoms with Gasteiger partial charge in [-0.2, -0.15) is 0 Å². The highest BCUT2D eigenvalue weighted by Gasteiger charge is 2.00. The monoisotopic (exact) mass is 177 g/mol. The molecule has 0 radical (unpaired) electrons. The van der Waals surface area contributed by atoms with E-state index in [1.165, 1.54) is 25.1 Å². The molecule has 0 bridgehead atoms. The largest absolute Gasteiger partial charge is 0.372 e. The molecular formula is C12H19N. The van der Waals surface area contributed by atoms with Gasteiger partial charge in [-0.1, -0.05) is 31.5 Å². The Hall–Kier alpha value is -0.980. The Balaban J connectivity index is 2.56. The Morgan fingerprint density at radius 1 is 1.08 bits per heavy atom. The Bertz CT molecular complexity index is 218. The molecule has 0 atom stereocenters. The predicted octanol–water partition coefficient (Wildman–Crippen LogP) is 3.31. The van der Waals surface area contributed by atoms with Crippen LogP contribution in [0, 0.1) is 0 Å². The minimum Gasteiger partial charge on any atom is -0.372 e. The molecule has 1 rings (SSSR count). The van der Waals surface area contributed by atoms with Gasteiger partial charge >= 0.3 is 0 Å². The van der Waals surface area contributed by atoms with E-state index < -0.39 is 0 Å². The van der Waals surface area contributed by atoms with Crippen LogP contribution in [0.3, 0.4) is 0 Å². The highest BCUT2D eigenvalue weighted by molar-refractivity contribution is 5.45. The molecule has 72 valence electrons. The number of hydrogen-bond donors (Lipinski definition) is 0. The van der Waals surface area contributed by atoms with Crippen LogP contribution < -0.4 is 4.90 Å². The van der Waals surface area contributed by atoms with Gasteiger partial charge in [-0.15, -0.1) is 0 Å². The number of hydrogen-bond acceptors (Lipinski definition) is 1. The van der Waals surface area contributed by atoms with E-state index in [1.807, 2.05) is 0 Å². The van der Waals surface area contributed by atoms with Crippen LogP contribution in [0.1, 0.15) is 26.7 Å². The van der Waals surface area contributed by atoms with Gasteiger partial charge in [0.25, 0.3) is 0 Å². The van der Waals surface area contributed by atoms with E-state index in [2.05, 4.69) is 49.1 Å². The van der Waals surface area contributed by atoms with Crippen molar-refractivity contribution in [3.63, 3.8) is 0 Å².